The summed E-state index contributed by atoms with van der Waals surface area (Å²) in [5.74, 6) is -2.03. The van der Waals surface area contributed by atoms with Crippen molar-refractivity contribution in [2.45, 2.75) is 45.1 Å². The average Bonchev–Trinajstić information content (AvgIpc) is 2.71. The van der Waals surface area contributed by atoms with Gasteiger partial charge in [-0.15, -0.1) is 0 Å². The average molecular weight is 511 g/mol. The zero-order chi connectivity index (χ0) is 25.6. The van der Waals surface area contributed by atoms with Crippen LogP contribution in [0.3, 0.4) is 0 Å². The minimum atomic E-state index is -3.81. The highest BCUT2D eigenvalue weighted by molar-refractivity contribution is 7.89. The number of rotatable bonds is 9. The van der Waals surface area contributed by atoms with E-state index in [-0.39, 0.29) is 45.1 Å². The van der Waals surface area contributed by atoms with E-state index in [0.717, 1.165) is 11.6 Å². The van der Waals surface area contributed by atoms with Crippen LogP contribution in [-0.4, -0.2) is 42.3 Å². The van der Waals surface area contributed by atoms with Crippen LogP contribution in [0.25, 0.3) is 0 Å². The van der Waals surface area contributed by atoms with E-state index >= 15 is 0 Å². The molecule has 10 nitrogen and oxygen atoms in total. The smallest absolute Gasteiger partial charge is 0.273 e. The standard InChI is InChI=1S/C22H27ClN4O6S/c1-12(2)21(26-31)22(30)25-18-10-16(23)17(11-19(18)28)24-20(29)9-14(4)27-34(32,33)15-7-5-13(3)6-8-15/h5-8,10-12,14,27-28,31H,9H2,1-4H3,(H,24,29)(H,25,30). The van der Waals surface area contributed by atoms with Crippen molar-refractivity contribution in [2.24, 2.45) is 11.1 Å². The van der Waals surface area contributed by atoms with Gasteiger partial charge in [0, 0.05) is 24.4 Å². The monoisotopic (exact) mass is 510 g/mol. The van der Waals surface area contributed by atoms with Crippen LogP contribution in [-0.2, 0) is 19.6 Å². The fourth-order valence-corrected chi connectivity index (χ4v) is 4.39. The molecule has 0 fully saturated rings. The molecule has 0 aliphatic heterocycles. The Morgan fingerprint density at radius 3 is 2.24 bits per heavy atom. The molecule has 0 aliphatic rings. The molecular formula is C22H27ClN4O6S. The minimum absolute atomic E-state index is 0.0152. The fourth-order valence-electron chi connectivity index (χ4n) is 2.94. The SMILES string of the molecule is Cc1ccc(S(=O)(=O)NC(C)CC(=O)Nc2cc(O)c(NC(=O)C(=NO)C(C)C)cc2Cl)cc1. The van der Waals surface area contributed by atoms with Gasteiger partial charge in [0.05, 0.1) is 21.3 Å². The van der Waals surface area contributed by atoms with Gasteiger partial charge in [-0.05, 0) is 32.0 Å². The van der Waals surface area contributed by atoms with Gasteiger partial charge in [-0.3, -0.25) is 9.59 Å². The summed E-state index contributed by atoms with van der Waals surface area (Å²) in [5, 5.41) is 27.1. The molecule has 34 heavy (non-hydrogen) atoms. The summed E-state index contributed by atoms with van der Waals surface area (Å²) < 4.78 is 27.4. The Bertz CT molecular complexity index is 1200. The molecule has 12 heteroatoms. The number of halogens is 1. The van der Waals surface area contributed by atoms with Gasteiger partial charge in [-0.2, -0.15) is 0 Å². The summed E-state index contributed by atoms with van der Waals surface area (Å²) in [5.41, 5.74) is 0.790. The van der Waals surface area contributed by atoms with Crippen molar-refractivity contribution in [1.82, 2.24) is 4.72 Å². The van der Waals surface area contributed by atoms with Crippen LogP contribution in [0.2, 0.25) is 5.02 Å². The Kier molecular flexibility index (Phi) is 9.02. The van der Waals surface area contributed by atoms with Gasteiger partial charge in [0.25, 0.3) is 5.91 Å². The summed E-state index contributed by atoms with van der Waals surface area (Å²) in [6, 6.07) is 7.93. The second kappa shape index (κ2) is 11.3. The molecule has 2 rings (SSSR count). The lowest BCUT2D eigenvalue weighted by atomic mass is 10.1. The van der Waals surface area contributed by atoms with Gasteiger partial charge >= 0.3 is 0 Å². The number of amides is 2. The van der Waals surface area contributed by atoms with Gasteiger partial charge in [0.1, 0.15) is 11.5 Å². The van der Waals surface area contributed by atoms with Crippen molar-refractivity contribution in [3.05, 3.63) is 47.0 Å². The molecule has 0 aliphatic carbocycles. The zero-order valence-corrected chi connectivity index (χ0v) is 20.7. The number of hydrogen-bond donors (Lipinski definition) is 5. The first-order valence-electron chi connectivity index (χ1n) is 10.3. The normalized spacial score (nSPS) is 12.9. The van der Waals surface area contributed by atoms with Gasteiger partial charge in [-0.1, -0.05) is 48.3 Å². The van der Waals surface area contributed by atoms with Crippen molar-refractivity contribution >= 4 is 50.5 Å². The summed E-state index contributed by atoms with van der Waals surface area (Å²) in [6.45, 7) is 6.69. The zero-order valence-electron chi connectivity index (χ0n) is 19.1. The Balaban J connectivity index is 2.05. The third kappa shape index (κ3) is 7.17. The largest absolute Gasteiger partial charge is 0.506 e. The highest BCUT2D eigenvalue weighted by Gasteiger charge is 2.21. The maximum Gasteiger partial charge on any atom is 0.273 e. The van der Waals surface area contributed by atoms with Crippen LogP contribution in [0.4, 0.5) is 11.4 Å². The molecule has 0 saturated carbocycles. The number of aromatic hydroxyl groups is 1. The van der Waals surface area contributed by atoms with Crippen LogP contribution in [0.1, 0.15) is 32.8 Å². The number of nitrogens with zero attached hydrogens (tertiary/aromatic N) is 1. The third-order valence-corrected chi connectivity index (χ3v) is 6.59. The lowest BCUT2D eigenvalue weighted by Gasteiger charge is -2.16. The van der Waals surface area contributed by atoms with Gasteiger partial charge < -0.3 is 20.9 Å². The fraction of sp³-hybridized carbons (Fsp3) is 0.318. The van der Waals surface area contributed by atoms with E-state index in [1.54, 1.807) is 26.0 Å². The van der Waals surface area contributed by atoms with Crippen LogP contribution < -0.4 is 15.4 Å². The summed E-state index contributed by atoms with van der Waals surface area (Å²) in [4.78, 5) is 24.7. The van der Waals surface area contributed by atoms with E-state index < -0.39 is 27.9 Å². The number of anilines is 2. The van der Waals surface area contributed by atoms with Crippen molar-refractivity contribution < 1.29 is 28.3 Å². The molecule has 5 N–H and O–H groups in total. The highest BCUT2D eigenvalue weighted by Crippen LogP contribution is 2.34. The Labute approximate surface area is 203 Å². The Hall–Kier alpha value is -3.15. The number of oxime groups is 1. The number of sulfonamides is 1. The van der Waals surface area contributed by atoms with Gasteiger partial charge in [0.15, 0.2) is 0 Å². The number of phenols is 1. The van der Waals surface area contributed by atoms with Crippen molar-refractivity contribution in [1.29, 1.82) is 0 Å². The van der Waals surface area contributed by atoms with E-state index in [9.17, 15) is 23.1 Å². The number of hydrogen-bond acceptors (Lipinski definition) is 7. The van der Waals surface area contributed by atoms with E-state index in [1.807, 2.05) is 6.92 Å². The molecule has 2 aromatic rings. The van der Waals surface area contributed by atoms with Gasteiger partial charge in [-0.25, -0.2) is 13.1 Å². The van der Waals surface area contributed by atoms with Crippen LogP contribution in [0.15, 0.2) is 46.4 Å². The molecule has 0 spiro atoms. The first-order chi connectivity index (χ1) is 15.8. The topological polar surface area (TPSA) is 157 Å². The number of benzene rings is 2. The minimum Gasteiger partial charge on any atom is -0.506 e. The molecule has 1 unspecified atom stereocenters. The molecular weight excluding hydrogens is 484 g/mol. The number of phenolic OH excluding ortho intramolecular Hbond substituents is 1. The number of carbonyl (C=O) groups excluding carboxylic acids is 2. The molecule has 0 radical (unpaired) electrons. The summed E-state index contributed by atoms with van der Waals surface area (Å²) in [6.07, 6.45) is -0.203. The maximum atomic E-state index is 12.5. The molecule has 0 heterocycles. The van der Waals surface area contributed by atoms with E-state index in [2.05, 4.69) is 20.5 Å². The molecule has 1 atom stereocenters. The maximum absolute atomic E-state index is 12.5. The highest BCUT2D eigenvalue weighted by atomic mass is 35.5. The first-order valence-corrected chi connectivity index (χ1v) is 12.1. The quantitative estimate of drug-likeness (QED) is 0.150. The molecule has 0 saturated heterocycles. The number of carbonyl (C=O) groups is 2. The summed E-state index contributed by atoms with van der Waals surface area (Å²) in [7, 11) is -3.81. The Morgan fingerprint density at radius 2 is 1.68 bits per heavy atom. The lowest BCUT2D eigenvalue weighted by molar-refractivity contribution is -0.116. The Morgan fingerprint density at radius 1 is 1.06 bits per heavy atom. The number of aryl methyl sites for hydroxylation is 1. The second-order valence-electron chi connectivity index (χ2n) is 8.03. The van der Waals surface area contributed by atoms with E-state index in [4.69, 9.17) is 16.8 Å². The van der Waals surface area contributed by atoms with Crippen LogP contribution in [0, 0.1) is 12.8 Å². The molecule has 2 aromatic carbocycles. The lowest BCUT2D eigenvalue weighted by Crippen LogP contribution is -2.35. The van der Waals surface area contributed by atoms with E-state index in [0.29, 0.717) is 0 Å². The van der Waals surface area contributed by atoms with E-state index in [1.165, 1.54) is 25.1 Å². The van der Waals surface area contributed by atoms with Crippen molar-refractivity contribution in [2.75, 3.05) is 10.6 Å². The second-order valence-corrected chi connectivity index (χ2v) is 10.2. The third-order valence-electron chi connectivity index (χ3n) is 4.67. The van der Waals surface area contributed by atoms with Crippen molar-refractivity contribution in [3.8, 4) is 5.75 Å². The van der Waals surface area contributed by atoms with Crippen LogP contribution in [0.5, 0.6) is 5.75 Å². The predicted octanol–water partition coefficient (Wildman–Crippen LogP) is 3.47. The molecule has 2 amide bonds. The predicted molar refractivity (Wildman–Crippen MR) is 130 cm³/mol. The molecule has 0 aromatic heterocycles. The summed E-state index contributed by atoms with van der Waals surface area (Å²) >= 11 is 6.17. The molecule has 184 valence electrons. The molecule has 0 bridgehead atoms. The van der Waals surface area contributed by atoms with Crippen molar-refractivity contribution in [3.63, 3.8) is 0 Å². The first kappa shape index (κ1) is 27.1. The van der Waals surface area contributed by atoms with Gasteiger partial charge in [0.2, 0.25) is 15.9 Å². The van der Waals surface area contributed by atoms with Crippen LogP contribution >= 0.6 is 11.6 Å². The number of nitrogens with one attached hydrogen (secondary N) is 3.